The number of aryl methyl sites for hydroxylation is 1. The van der Waals surface area contributed by atoms with E-state index in [0.29, 0.717) is 28.4 Å². The smallest absolute Gasteiger partial charge is 0.185 e. The molecule has 0 amide bonds. The Morgan fingerprint density at radius 2 is 2.00 bits per heavy atom. The van der Waals surface area contributed by atoms with Crippen molar-refractivity contribution in [3.63, 3.8) is 0 Å². The van der Waals surface area contributed by atoms with E-state index in [1.807, 2.05) is 0 Å². The summed E-state index contributed by atoms with van der Waals surface area (Å²) in [7, 11) is 1.70. The molecule has 2 aliphatic rings. The summed E-state index contributed by atoms with van der Waals surface area (Å²) in [4.78, 5) is 21.2. The maximum absolute atomic E-state index is 14.2. The summed E-state index contributed by atoms with van der Waals surface area (Å²) in [5.41, 5.74) is 1.91. The van der Waals surface area contributed by atoms with Gasteiger partial charge in [0.2, 0.25) is 0 Å². The third-order valence-electron chi connectivity index (χ3n) is 5.04. The maximum Gasteiger partial charge on any atom is 0.185 e. The van der Waals surface area contributed by atoms with Crippen LogP contribution in [0.3, 0.4) is 0 Å². The van der Waals surface area contributed by atoms with Gasteiger partial charge in [0.15, 0.2) is 5.78 Å². The molecule has 140 valence electrons. The Hall–Kier alpha value is -3.42. The van der Waals surface area contributed by atoms with Crippen LogP contribution in [-0.2, 0) is 7.05 Å². The van der Waals surface area contributed by atoms with Gasteiger partial charge in [-0.25, -0.2) is 13.8 Å². The molecule has 1 aromatic heterocycles. The van der Waals surface area contributed by atoms with Crippen LogP contribution in [-0.4, -0.2) is 32.8 Å². The lowest BCUT2D eigenvalue weighted by Crippen LogP contribution is -2.37. The normalized spacial score (nSPS) is 23.5. The molecular weight excluding hydrogens is 364 g/mol. The average molecular weight is 380 g/mol. The molecule has 3 heterocycles. The first-order valence-electron chi connectivity index (χ1n) is 9.18. The van der Waals surface area contributed by atoms with Gasteiger partial charge in [-0.2, -0.15) is 5.10 Å². The molecule has 0 fully saturated rings. The molecule has 28 heavy (non-hydrogen) atoms. The van der Waals surface area contributed by atoms with E-state index in [4.69, 9.17) is 0 Å². The molecule has 0 bridgehead atoms. The van der Waals surface area contributed by atoms with Gasteiger partial charge in [0, 0.05) is 23.9 Å². The molecule has 6 nitrogen and oxygen atoms in total. The second-order valence-electron chi connectivity index (χ2n) is 6.72. The van der Waals surface area contributed by atoms with Gasteiger partial charge in [0.05, 0.1) is 19.0 Å². The Kier molecular flexibility index (Phi) is 3.37. The Balaban J connectivity index is 1.82. The number of carbonyl (C=O) groups excluding carboxylic acids is 1. The van der Waals surface area contributed by atoms with Crippen molar-refractivity contribution in [1.29, 1.82) is 0 Å². The molecule has 5 rings (SSSR count). The van der Waals surface area contributed by atoms with E-state index in [2.05, 4.69) is 20.4 Å². The highest BCUT2D eigenvalue weighted by molar-refractivity contribution is 6.21. The fourth-order valence-corrected chi connectivity index (χ4v) is 3.80. The molecule has 0 saturated heterocycles. The van der Waals surface area contributed by atoms with Crippen molar-refractivity contribution in [2.75, 3.05) is 11.9 Å². The molecule has 0 unspecified atom stereocenters. The standard InChI is InChI=1S/C20H15F2N5O/c1-27-20(24-9-25-27)17-18(10-2-4-11(21)5-3-10)26-14-7-12(22)6-13-15(28)8-23-19(17)16(13)14/h2-7,9,17-18,26H,8H2,1H3/t17-,18-/m1/s1/i18D. The van der Waals surface area contributed by atoms with Gasteiger partial charge in [0.25, 0.3) is 0 Å². The monoisotopic (exact) mass is 380 g/mol. The number of ketones is 1. The topological polar surface area (TPSA) is 72.2 Å². The number of benzene rings is 2. The summed E-state index contributed by atoms with van der Waals surface area (Å²) >= 11 is 0. The number of hydrogen-bond donors (Lipinski definition) is 1. The van der Waals surface area contributed by atoms with Crippen molar-refractivity contribution >= 4 is 17.2 Å². The molecule has 8 heteroatoms. The lowest BCUT2D eigenvalue weighted by Gasteiger charge is -2.37. The zero-order valence-corrected chi connectivity index (χ0v) is 14.8. The minimum absolute atomic E-state index is 0.140. The van der Waals surface area contributed by atoms with Crippen molar-refractivity contribution in [2.45, 2.75) is 11.9 Å². The highest BCUT2D eigenvalue weighted by Crippen LogP contribution is 2.44. The van der Waals surface area contributed by atoms with Gasteiger partial charge in [-0.05, 0) is 29.8 Å². The van der Waals surface area contributed by atoms with Crippen molar-refractivity contribution in [3.8, 4) is 0 Å². The molecule has 2 aliphatic heterocycles. The number of carbonyl (C=O) groups is 1. The van der Waals surface area contributed by atoms with Crippen molar-refractivity contribution in [2.24, 2.45) is 12.0 Å². The van der Waals surface area contributed by atoms with E-state index in [9.17, 15) is 14.9 Å². The summed E-state index contributed by atoms with van der Waals surface area (Å²) < 4.78 is 38.6. The number of Topliss-reactive ketones (excluding diaryl/α,β-unsaturated/α-hetero) is 1. The number of aromatic nitrogens is 3. The first kappa shape index (κ1) is 15.6. The lowest BCUT2D eigenvalue weighted by molar-refractivity contribution is 0.0999. The fourth-order valence-electron chi connectivity index (χ4n) is 3.80. The molecular formula is C20H15F2N5O. The van der Waals surface area contributed by atoms with E-state index in [0.717, 1.165) is 0 Å². The third-order valence-corrected chi connectivity index (χ3v) is 5.04. The van der Waals surface area contributed by atoms with Gasteiger partial charge in [-0.15, -0.1) is 0 Å². The van der Waals surface area contributed by atoms with Crippen molar-refractivity contribution in [3.05, 3.63) is 76.9 Å². The Morgan fingerprint density at radius 1 is 1.21 bits per heavy atom. The zero-order chi connectivity index (χ0) is 20.3. The second kappa shape index (κ2) is 6.05. The molecule has 3 aromatic rings. The van der Waals surface area contributed by atoms with Crippen LogP contribution in [0.2, 0.25) is 0 Å². The van der Waals surface area contributed by atoms with E-state index in [-0.39, 0.29) is 17.9 Å². The minimum Gasteiger partial charge on any atom is -0.376 e. The molecule has 2 aromatic carbocycles. The number of nitrogens with zero attached hydrogens (tertiary/aromatic N) is 4. The summed E-state index contributed by atoms with van der Waals surface area (Å²) in [6.45, 7) is -0.140. The molecule has 0 spiro atoms. The van der Waals surface area contributed by atoms with Gasteiger partial charge in [-0.1, -0.05) is 12.1 Å². The minimum atomic E-state index is -1.58. The average Bonchev–Trinajstić information content (AvgIpc) is 3.09. The first-order chi connectivity index (χ1) is 13.9. The van der Waals surface area contributed by atoms with Gasteiger partial charge in [-0.3, -0.25) is 14.5 Å². The van der Waals surface area contributed by atoms with Crippen LogP contribution in [0, 0.1) is 11.6 Å². The van der Waals surface area contributed by atoms with Crippen LogP contribution in [0.4, 0.5) is 14.5 Å². The summed E-state index contributed by atoms with van der Waals surface area (Å²) in [6.07, 6.45) is 1.37. The van der Waals surface area contributed by atoms with Crippen LogP contribution in [0.15, 0.2) is 47.7 Å². The summed E-state index contributed by atoms with van der Waals surface area (Å²) in [5, 5.41) is 7.18. The number of anilines is 1. The highest BCUT2D eigenvalue weighted by Gasteiger charge is 2.42. The Bertz CT molecular complexity index is 1190. The Labute approximate surface area is 160 Å². The van der Waals surface area contributed by atoms with Crippen molar-refractivity contribution < 1.29 is 14.9 Å². The number of halogens is 2. The number of rotatable bonds is 2. The van der Waals surface area contributed by atoms with Crippen LogP contribution in [0.5, 0.6) is 0 Å². The van der Waals surface area contributed by atoms with Crippen LogP contribution in [0.1, 0.15) is 40.6 Å². The predicted molar refractivity (Wildman–Crippen MR) is 98.6 cm³/mol. The first-order valence-corrected chi connectivity index (χ1v) is 8.68. The van der Waals surface area contributed by atoms with Gasteiger partial charge < -0.3 is 5.32 Å². The quantitative estimate of drug-likeness (QED) is 0.742. The predicted octanol–water partition coefficient (Wildman–Crippen LogP) is 3.03. The second-order valence-corrected chi connectivity index (χ2v) is 6.72. The van der Waals surface area contributed by atoms with Gasteiger partial charge >= 0.3 is 0 Å². The number of nitrogens with one attached hydrogen (secondary N) is 1. The SMILES string of the molecule is [2H][C@]1(c2ccc(F)cc2)Nc2cc(F)cc3c2C(=NCC3=O)[C@@H]1c1ncnn1C. The summed E-state index contributed by atoms with van der Waals surface area (Å²) in [6, 6.07) is 6.38. The number of aliphatic imine (C=N–C) groups is 1. The molecule has 0 saturated carbocycles. The lowest BCUT2D eigenvalue weighted by atomic mass is 9.78. The van der Waals surface area contributed by atoms with Crippen LogP contribution < -0.4 is 5.32 Å². The zero-order valence-electron chi connectivity index (χ0n) is 15.8. The largest absolute Gasteiger partial charge is 0.376 e. The van der Waals surface area contributed by atoms with E-state index in [1.165, 1.54) is 47.4 Å². The molecule has 1 N–H and O–H groups in total. The van der Waals surface area contributed by atoms with Crippen LogP contribution >= 0.6 is 0 Å². The highest BCUT2D eigenvalue weighted by atomic mass is 19.1. The van der Waals surface area contributed by atoms with Gasteiger partial charge in [0.1, 0.15) is 30.3 Å². The van der Waals surface area contributed by atoms with E-state index < -0.39 is 23.6 Å². The molecule has 0 aliphatic carbocycles. The van der Waals surface area contributed by atoms with E-state index >= 15 is 0 Å². The van der Waals surface area contributed by atoms with E-state index in [1.54, 1.807) is 7.05 Å². The molecule has 2 atom stereocenters. The Morgan fingerprint density at radius 3 is 2.71 bits per heavy atom. The third kappa shape index (κ3) is 2.45. The number of hydrogen-bond acceptors (Lipinski definition) is 5. The summed E-state index contributed by atoms with van der Waals surface area (Å²) in [5.74, 6) is -1.62. The fraction of sp³-hybridized carbons (Fsp3) is 0.200. The van der Waals surface area contributed by atoms with Crippen molar-refractivity contribution in [1.82, 2.24) is 14.8 Å². The maximum atomic E-state index is 14.2. The molecule has 0 radical (unpaired) electrons. The van der Waals surface area contributed by atoms with Crippen LogP contribution in [0.25, 0.3) is 0 Å².